The molecule has 0 spiro atoms. The van der Waals surface area contributed by atoms with Crippen LogP contribution in [-0.4, -0.2) is 24.7 Å². The Morgan fingerprint density at radius 3 is 3.20 bits per heavy atom. The van der Waals surface area contributed by atoms with Crippen LogP contribution in [0.2, 0.25) is 0 Å². The smallest absolute Gasteiger partial charge is 0.0798 e. The molecule has 0 aliphatic carbocycles. The van der Waals surface area contributed by atoms with Crippen molar-refractivity contribution in [1.82, 2.24) is 10.3 Å². The molecule has 1 saturated heterocycles. The first-order valence-corrected chi connectivity index (χ1v) is 6.36. The van der Waals surface area contributed by atoms with Gasteiger partial charge in [0.25, 0.3) is 0 Å². The normalized spacial score (nSPS) is 23.2. The Morgan fingerprint density at radius 2 is 2.60 bits per heavy atom. The average molecular weight is 226 g/mol. The van der Waals surface area contributed by atoms with Crippen LogP contribution in [-0.2, 0) is 4.74 Å². The van der Waals surface area contributed by atoms with E-state index in [4.69, 9.17) is 4.74 Å². The third-order valence-electron chi connectivity index (χ3n) is 2.91. The number of nitrogens with one attached hydrogen (secondary N) is 1. The Morgan fingerprint density at radius 1 is 1.73 bits per heavy atom. The summed E-state index contributed by atoms with van der Waals surface area (Å²) in [6.07, 6.45) is 1.20. The minimum atomic E-state index is 0.415. The molecule has 15 heavy (non-hydrogen) atoms. The molecule has 1 aliphatic rings. The van der Waals surface area contributed by atoms with Gasteiger partial charge in [0.2, 0.25) is 0 Å². The molecule has 2 heterocycles. The average Bonchev–Trinajstić information content (AvgIpc) is 2.84. The van der Waals surface area contributed by atoms with Gasteiger partial charge in [0.05, 0.1) is 17.8 Å². The summed E-state index contributed by atoms with van der Waals surface area (Å²) in [4.78, 5) is 5.63. The lowest BCUT2D eigenvalue weighted by molar-refractivity contribution is 0.184. The first kappa shape index (κ1) is 11.0. The van der Waals surface area contributed by atoms with Gasteiger partial charge in [-0.2, -0.15) is 0 Å². The van der Waals surface area contributed by atoms with Gasteiger partial charge in [-0.25, -0.2) is 4.98 Å². The van der Waals surface area contributed by atoms with Crippen LogP contribution >= 0.6 is 11.3 Å². The predicted octanol–water partition coefficient (Wildman–Crippen LogP) is 2.14. The largest absolute Gasteiger partial charge is 0.381 e. The molecule has 0 saturated carbocycles. The van der Waals surface area contributed by atoms with Gasteiger partial charge in [0, 0.05) is 24.1 Å². The molecule has 2 unspecified atom stereocenters. The van der Waals surface area contributed by atoms with Crippen molar-refractivity contribution < 1.29 is 4.74 Å². The zero-order valence-electron chi connectivity index (χ0n) is 9.32. The van der Waals surface area contributed by atoms with Crippen molar-refractivity contribution in [1.29, 1.82) is 0 Å². The van der Waals surface area contributed by atoms with Gasteiger partial charge in [-0.05, 0) is 26.2 Å². The highest BCUT2D eigenvalue weighted by molar-refractivity contribution is 7.09. The van der Waals surface area contributed by atoms with Crippen molar-refractivity contribution >= 4 is 11.3 Å². The van der Waals surface area contributed by atoms with E-state index in [-0.39, 0.29) is 0 Å². The summed E-state index contributed by atoms with van der Waals surface area (Å²) in [6.45, 7) is 7.18. The fraction of sp³-hybridized carbons (Fsp3) is 0.727. The van der Waals surface area contributed by atoms with Gasteiger partial charge < -0.3 is 10.1 Å². The number of hydrogen-bond donors (Lipinski definition) is 1. The third kappa shape index (κ3) is 2.77. The Kier molecular flexibility index (Phi) is 3.72. The lowest BCUT2D eigenvalue weighted by Crippen LogP contribution is -2.25. The highest BCUT2D eigenvalue weighted by Crippen LogP contribution is 2.21. The summed E-state index contributed by atoms with van der Waals surface area (Å²) in [5.41, 5.74) is 3.07. The highest BCUT2D eigenvalue weighted by Gasteiger charge is 2.17. The second-order valence-corrected chi connectivity index (χ2v) is 5.05. The van der Waals surface area contributed by atoms with Gasteiger partial charge in [-0.3, -0.25) is 0 Å². The third-order valence-corrected chi connectivity index (χ3v) is 4.03. The van der Waals surface area contributed by atoms with Gasteiger partial charge >= 0.3 is 0 Å². The minimum Gasteiger partial charge on any atom is -0.381 e. The molecule has 84 valence electrons. The first-order valence-electron chi connectivity index (χ1n) is 5.48. The lowest BCUT2D eigenvalue weighted by atomic mass is 10.1. The Labute approximate surface area is 94.9 Å². The summed E-state index contributed by atoms with van der Waals surface area (Å²) in [6, 6.07) is 0.415. The van der Waals surface area contributed by atoms with Crippen molar-refractivity contribution in [3.8, 4) is 0 Å². The molecule has 4 heteroatoms. The van der Waals surface area contributed by atoms with E-state index in [2.05, 4.69) is 24.1 Å². The Hall–Kier alpha value is -0.450. The van der Waals surface area contributed by atoms with E-state index in [1.807, 2.05) is 5.51 Å². The van der Waals surface area contributed by atoms with Crippen LogP contribution in [0.15, 0.2) is 5.51 Å². The molecular formula is C11H18N2OS. The first-order chi connectivity index (χ1) is 7.27. The van der Waals surface area contributed by atoms with E-state index < -0.39 is 0 Å². The molecule has 2 rings (SSSR count). The minimum absolute atomic E-state index is 0.415. The van der Waals surface area contributed by atoms with Crippen LogP contribution < -0.4 is 5.32 Å². The van der Waals surface area contributed by atoms with E-state index in [0.29, 0.717) is 12.0 Å². The second-order valence-electron chi connectivity index (χ2n) is 4.16. The second kappa shape index (κ2) is 5.05. The molecule has 3 nitrogen and oxygen atoms in total. The summed E-state index contributed by atoms with van der Waals surface area (Å²) in [5.74, 6) is 0.695. The molecular weight excluding hydrogens is 208 g/mol. The van der Waals surface area contributed by atoms with Crippen LogP contribution in [0, 0.1) is 12.8 Å². The number of rotatable bonds is 4. The van der Waals surface area contributed by atoms with Crippen molar-refractivity contribution in [2.75, 3.05) is 19.8 Å². The van der Waals surface area contributed by atoms with Crippen molar-refractivity contribution in [3.63, 3.8) is 0 Å². The quantitative estimate of drug-likeness (QED) is 0.854. The topological polar surface area (TPSA) is 34.2 Å². The van der Waals surface area contributed by atoms with Crippen molar-refractivity contribution in [2.24, 2.45) is 5.92 Å². The molecule has 1 fully saturated rings. The van der Waals surface area contributed by atoms with Crippen LogP contribution in [0.5, 0.6) is 0 Å². The number of aromatic nitrogens is 1. The molecule has 1 aliphatic heterocycles. The van der Waals surface area contributed by atoms with Crippen LogP contribution in [0.1, 0.15) is 30.0 Å². The maximum atomic E-state index is 5.35. The van der Waals surface area contributed by atoms with E-state index in [0.717, 1.165) is 25.5 Å². The molecule has 0 amide bonds. The monoisotopic (exact) mass is 226 g/mol. The molecule has 1 aromatic heterocycles. The van der Waals surface area contributed by atoms with Gasteiger partial charge in [0.1, 0.15) is 0 Å². The fourth-order valence-corrected chi connectivity index (χ4v) is 2.74. The molecule has 0 bridgehead atoms. The van der Waals surface area contributed by atoms with E-state index in [9.17, 15) is 0 Å². The summed E-state index contributed by atoms with van der Waals surface area (Å²) in [7, 11) is 0. The van der Waals surface area contributed by atoms with Crippen LogP contribution in [0.4, 0.5) is 0 Å². The van der Waals surface area contributed by atoms with E-state index in [1.54, 1.807) is 11.3 Å². The molecule has 2 atom stereocenters. The summed E-state index contributed by atoms with van der Waals surface area (Å²) < 4.78 is 5.35. The number of thiazole rings is 1. The Bertz CT molecular complexity index is 307. The molecule has 0 aromatic carbocycles. The van der Waals surface area contributed by atoms with Crippen molar-refractivity contribution in [2.45, 2.75) is 26.3 Å². The predicted molar refractivity (Wildman–Crippen MR) is 62.2 cm³/mol. The Balaban J connectivity index is 1.81. The van der Waals surface area contributed by atoms with E-state index in [1.165, 1.54) is 11.3 Å². The summed E-state index contributed by atoms with van der Waals surface area (Å²) >= 11 is 1.74. The fourth-order valence-electron chi connectivity index (χ4n) is 1.91. The maximum absolute atomic E-state index is 5.35. The SMILES string of the molecule is Cc1ncsc1C(C)NCC1CCOC1. The molecule has 1 N–H and O–H groups in total. The van der Waals surface area contributed by atoms with E-state index >= 15 is 0 Å². The lowest BCUT2D eigenvalue weighted by Gasteiger charge is -2.15. The van der Waals surface area contributed by atoms with Crippen LogP contribution in [0.25, 0.3) is 0 Å². The van der Waals surface area contributed by atoms with Gasteiger partial charge in [-0.15, -0.1) is 11.3 Å². The zero-order chi connectivity index (χ0) is 10.7. The van der Waals surface area contributed by atoms with Crippen molar-refractivity contribution in [3.05, 3.63) is 16.1 Å². The van der Waals surface area contributed by atoms with Gasteiger partial charge in [-0.1, -0.05) is 0 Å². The molecule has 1 aromatic rings. The van der Waals surface area contributed by atoms with Gasteiger partial charge in [0.15, 0.2) is 0 Å². The summed E-state index contributed by atoms with van der Waals surface area (Å²) in [5, 5.41) is 3.56. The number of nitrogens with zero attached hydrogens (tertiary/aromatic N) is 1. The van der Waals surface area contributed by atoms with Crippen LogP contribution in [0.3, 0.4) is 0 Å². The zero-order valence-corrected chi connectivity index (χ0v) is 10.1. The molecule has 0 radical (unpaired) electrons. The maximum Gasteiger partial charge on any atom is 0.0798 e. The number of ether oxygens (including phenoxy) is 1. The highest BCUT2D eigenvalue weighted by atomic mass is 32.1. The standard InChI is InChI=1S/C11H18N2OS/c1-8(11-9(2)13-7-15-11)12-5-10-3-4-14-6-10/h7-8,10,12H,3-6H2,1-2H3. The number of hydrogen-bond acceptors (Lipinski definition) is 4. The number of aryl methyl sites for hydroxylation is 1.